The summed E-state index contributed by atoms with van der Waals surface area (Å²) in [5.74, 6) is -5.33. The minimum absolute atomic E-state index is 0.0111. The second kappa shape index (κ2) is 23.8. The predicted molar refractivity (Wildman–Crippen MR) is 179 cm³/mol. The predicted octanol–water partition coefficient (Wildman–Crippen LogP) is 1.01. The quantitative estimate of drug-likeness (QED) is 0.0664. The molecule has 0 radical (unpaired) electrons. The summed E-state index contributed by atoms with van der Waals surface area (Å²) in [4.78, 5) is 96.2. The summed E-state index contributed by atoms with van der Waals surface area (Å²) in [6.45, 7) is 0.219. The lowest BCUT2D eigenvalue weighted by Gasteiger charge is -2.23. The molecule has 0 aliphatic heterocycles. The standard InChI is InChI=1S/C34H40N2O18/c1-23(37)47-19-51-31(41)15-35(16-32(42)52-20-48-24(2)38)27-7-5-9-29(13-27)45-11-12-46-30-10-6-8-28(14-30)36(17-33(43)53-21-49-25(3)39)18-34(44)54-22-50-26(4)40/h5-10,13-14H,11-12,15-22H2,1-4H3. The molecular weight excluding hydrogens is 724 g/mol. The molecule has 2 rings (SSSR count). The summed E-state index contributed by atoms with van der Waals surface area (Å²) in [5, 5.41) is 0. The first-order valence-corrected chi connectivity index (χ1v) is 15.8. The smallest absolute Gasteiger partial charge is 0.328 e. The van der Waals surface area contributed by atoms with E-state index in [2.05, 4.69) is 18.9 Å². The lowest BCUT2D eigenvalue weighted by atomic mass is 10.2. The van der Waals surface area contributed by atoms with E-state index in [4.69, 9.17) is 28.4 Å². The fourth-order valence-corrected chi connectivity index (χ4v) is 3.85. The summed E-state index contributed by atoms with van der Waals surface area (Å²) in [5.41, 5.74) is 0.681. The molecule has 0 saturated heterocycles. The van der Waals surface area contributed by atoms with E-state index in [1.807, 2.05) is 0 Å². The number of carbonyl (C=O) groups excluding carboxylic acids is 8. The molecule has 0 heterocycles. The zero-order chi connectivity index (χ0) is 39.9. The fourth-order valence-electron chi connectivity index (χ4n) is 3.85. The average molecular weight is 765 g/mol. The summed E-state index contributed by atoms with van der Waals surface area (Å²) >= 11 is 0. The third-order valence-electron chi connectivity index (χ3n) is 6.19. The van der Waals surface area contributed by atoms with Gasteiger partial charge in [-0.3, -0.25) is 38.4 Å². The number of nitrogens with zero attached hydrogens (tertiary/aromatic N) is 2. The second-order valence-electron chi connectivity index (χ2n) is 10.5. The van der Waals surface area contributed by atoms with Gasteiger partial charge in [0, 0.05) is 51.2 Å². The van der Waals surface area contributed by atoms with Crippen molar-refractivity contribution >= 4 is 59.1 Å². The fraction of sp³-hybridized carbons (Fsp3) is 0.412. The zero-order valence-electron chi connectivity index (χ0n) is 29.9. The van der Waals surface area contributed by atoms with Gasteiger partial charge in [-0.05, 0) is 24.3 Å². The first kappa shape index (κ1) is 43.6. The highest BCUT2D eigenvalue weighted by atomic mass is 16.7. The molecule has 2 aromatic carbocycles. The third kappa shape index (κ3) is 19.1. The van der Waals surface area contributed by atoms with Crippen LogP contribution >= 0.6 is 0 Å². The molecular formula is C34H40N2O18. The first-order chi connectivity index (χ1) is 25.7. The van der Waals surface area contributed by atoms with Crippen LogP contribution in [0.4, 0.5) is 11.4 Å². The molecule has 0 fully saturated rings. The van der Waals surface area contributed by atoms with Crippen molar-refractivity contribution in [2.45, 2.75) is 27.7 Å². The van der Waals surface area contributed by atoms with Crippen molar-refractivity contribution in [1.29, 1.82) is 0 Å². The van der Waals surface area contributed by atoms with Crippen molar-refractivity contribution < 1.29 is 85.7 Å². The van der Waals surface area contributed by atoms with E-state index in [1.165, 1.54) is 21.9 Å². The minimum atomic E-state index is -0.831. The molecule has 0 amide bonds. The van der Waals surface area contributed by atoms with E-state index in [1.54, 1.807) is 36.4 Å². The van der Waals surface area contributed by atoms with Crippen molar-refractivity contribution in [3.63, 3.8) is 0 Å². The maximum absolute atomic E-state index is 12.4. The Balaban J connectivity index is 2.08. The molecule has 294 valence electrons. The summed E-state index contributed by atoms with van der Waals surface area (Å²) in [6, 6.07) is 12.6. The van der Waals surface area contributed by atoms with Gasteiger partial charge in [0.1, 0.15) is 50.9 Å². The Bertz CT molecular complexity index is 1430. The number of benzene rings is 2. The van der Waals surface area contributed by atoms with Crippen LogP contribution in [0.2, 0.25) is 0 Å². The Morgan fingerprint density at radius 2 is 0.704 bits per heavy atom. The van der Waals surface area contributed by atoms with E-state index in [0.717, 1.165) is 27.7 Å². The molecule has 0 spiro atoms. The number of anilines is 2. The average Bonchev–Trinajstić information content (AvgIpc) is 3.09. The van der Waals surface area contributed by atoms with Gasteiger partial charge in [0.05, 0.1) is 0 Å². The Labute approximate surface area is 308 Å². The van der Waals surface area contributed by atoms with E-state index < -0.39 is 101 Å². The third-order valence-corrected chi connectivity index (χ3v) is 6.19. The number of esters is 8. The van der Waals surface area contributed by atoms with Gasteiger partial charge >= 0.3 is 47.8 Å². The highest BCUT2D eigenvalue weighted by Gasteiger charge is 2.20. The molecule has 0 atom stereocenters. The Kier molecular flexibility index (Phi) is 19.2. The van der Waals surface area contributed by atoms with E-state index in [-0.39, 0.29) is 13.2 Å². The number of hydrogen-bond acceptors (Lipinski definition) is 20. The SMILES string of the molecule is CC(=O)OCOC(=O)CN(CC(=O)OCOC(C)=O)c1cccc(OCCOc2cccc(N(CC(=O)OCOC(C)=O)CC(=O)OCOC(C)=O)c2)c1. The minimum Gasteiger partial charge on any atom is -0.490 e. The van der Waals surface area contributed by atoms with Crippen LogP contribution in [0, 0.1) is 0 Å². The van der Waals surface area contributed by atoms with Gasteiger partial charge in [-0.2, -0.15) is 0 Å². The van der Waals surface area contributed by atoms with Gasteiger partial charge in [-0.25, -0.2) is 0 Å². The van der Waals surface area contributed by atoms with Crippen LogP contribution in [0.1, 0.15) is 27.7 Å². The van der Waals surface area contributed by atoms with Gasteiger partial charge in [-0.1, -0.05) is 12.1 Å². The largest absolute Gasteiger partial charge is 0.490 e. The topological polar surface area (TPSA) is 235 Å². The van der Waals surface area contributed by atoms with Crippen molar-refractivity contribution in [2.24, 2.45) is 0 Å². The van der Waals surface area contributed by atoms with Crippen molar-refractivity contribution in [3.8, 4) is 11.5 Å². The van der Waals surface area contributed by atoms with Crippen LogP contribution in [0.5, 0.6) is 11.5 Å². The van der Waals surface area contributed by atoms with Crippen LogP contribution in [0.15, 0.2) is 48.5 Å². The van der Waals surface area contributed by atoms with Gasteiger partial charge in [0.2, 0.25) is 27.2 Å². The second-order valence-corrected chi connectivity index (χ2v) is 10.5. The maximum atomic E-state index is 12.4. The lowest BCUT2D eigenvalue weighted by Crippen LogP contribution is -2.36. The summed E-state index contributed by atoms with van der Waals surface area (Å²) < 4.78 is 49.6. The summed E-state index contributed by atoms with van der Waals surface area (Å²) in [7, 11) is 0. The van der Waals surface area contributed by atoms with Crippen LogP contribution < -0.4 is 19.3 Å². The van der Waals surface area contributed by atoms with Crippen LogP contribution in [0.3, 0.4) is 0 Å². The van der Waals surface area contributed by atoms with Crippen molar-refractivity contribution in [3.05, 3.63) is 48.5 Å². The lowest BCUT2D eigenvalue weighted by molar-refractivity contribution is -0.167. The Morgan fingerprint density at radius 1 is 0.426 bits per heavy atom. The number of hydrogen-bond donors (Lipinski definition) is 0. The van der Waals surface area contributed by atoms with Crippen LogP contribution in [-0.2, 0) is 76.3 Å². The number of rotatable bonds is 23. The van der Waals surface area contributed by atoms with E-state index in [0.29, 0.717) is 22.9 Å². The Hall–Kier alpha value is -6.60. The molecule has 0 saturated carbocycles. The highest BCUT2D eigenvalue weighted by molar-refractivity contribution is 5.83. The maximum Gasteiger partial charge on any atom is 0.328 e. The molecule has 0 unspecified atom stereocenters. The number of carbonyl (C=O) groups is 8. The Morgan fingerprint density at radius 3 is 0.963 bits per heavy atom. The van der Waals surface area contributed by atoms with E-state index >= 15 is 0 Å². The van der Waals surface area contributed by atoms with Crippen LogP contribution in [-0.4, -0.2) is 114 Å². The van der Waals surface area contributed by atoms with Crippen LogP contribution in [0.25, 0.3) is 0 Å². The van der Waals surface area contributed by atoms with Gasteiger partial charge in [0.25, 0.3) is 0 Å². The van der Waals surface area contributed by atoms with Gasteiger partial charge in [-0.15, -0.1) is 0 Å². The monoisotopic (exact) mass is 764 g/mol. The molecule has 20 heteroatoms. The normalized spacial score (nSPS) is 10.1. The molecule has 2 aromatic rings. The van der Waals surface area contributed by atoms with Gasteiger partial charge < -0.3 is 57.2 Å². The molecule has 20 nitrogen and oxygen atoms in total. The van der Waals surface area contributed by atoms with E-state index in [9.17, 15) is 38.4 Å². The first-order valence-electron chi connectivity index (χ1n) is 15.8. The molecule has 0 aliphatic carbocycles. The molecule has 0 bridgehead atoms. The molecule has 0 aromatic heterocycles. The van der Waals surface area contributed by atoms with Gasteiger partial charge in [0.15, 0.2) is 0 Å². The highest BCUT2D eigenvalue weighted by Crippen LogP contribution is 2.23. The zero-order valence-corrected chi connectivity index (χ0v) is 29.9. The molecule has 54 heavy (non-hydrogen) atoms. The number of ether oxygens (including phenoxy) is 10. The molecule has 0 aliphatic rings. The van der Waals surface area contributed by atoms with Crippen molar-refractivity contribution in [2.75, 3.05) is 76.4 Å². The summed E-state index contributed by atoms with van der Waals surface area (Å²) in [6.07, 6.45) is 0. The van der Waals surface area contributed by atoms with Crippen molar-refractivity contribution in [1.82, 2.24) is 0 Å². The molecule has 0 N–H and O–H groups in total.